The van der Waals surface area contributed by atoms with Crippen LogP contribution in [0.2, 0.25) is 0 Å². The van der Waals surface area contributed by atoms with E-state index >= 15 is 0 Å². The molecule has 2 atom stereocenters. The molecule has 7 heteroatoms. The van der Waals surface area contributed by atoms with Crippen LogP contribution in [0.25, 0.3) is 10.9 Å². The summed E-state index contributed by atoms with van der Waals surface area (Å²) < 4.78 is 1.38. The number of aromatic nitrogens is 2. The van der Waals surface area contributed by atoms with E-state index in [1.165, 1.54) is 10.9 Å². The molecule has 0 radical (unpaired) electrons. The lowest BCUT2D eigenvalue weighted by atomic mass is 9.95. The first kappa shape index (κ1) is 17.4. The van der Waals surface area contributed by atoms with Gasteiger partial charge in [-0.3, -0.25) is 14.2 Å². The van der Waals surface area contributed by atoms with Gasteiger partial charge in [0.2, 0.25) is 5.91 Å². The molecule has 1 saturated heterocycles. The quantitative estimate of drug-likeness (QED) is 0.887. The minimum absolute atomic E-state index is 0. The van der Waals surface area contributed by atoms with E-state index in [9.17, 15) is 9.59 Å². The molecule has 0 spiro atoms. The number of para-hydroxylation sites is 1. The van der Waals surface area contributed by atoms with Crippen LogP contribution in [0.15, 0.2) is 35.4 Å². The van der Waals surface area contributed by atoms with Crippen LogP contribution in [0.4, 0.5) is 0 Å². The van der Waals surface area contributed by atoms with Gasteiger partial charge in [-0.15, -0.1) is 12.4 Å². The van der Waals surface area contributed by atoms with Crippen molar-refractivity contribution in [1.29, 1.82) is 0 Å². The fourth-order valence-electron chi connectivity index (χ4n) is 2.85. The summed E-state index contributed by atoms with van der Waals surface area (Å²) in [6, 6.07) is 7.30. The lowest BCUT2D eigenvalue weighted by Crippen LogP contribution is -2.49. The molecular formula is C16H21ClN4O2. The average molecular weight is 337 g/mol. The van der Waals surface area contributed by atoms with Gasteiger partial charge in [-0.25, -0.2) is 4.98 Å². The highest BCUT2D eigenvalue weighted by Gasteiger charge is 2.26. The smallest absolute Gasteiger partial charge is 0.261 e. The number of nitrogens with two attached hydrogens (primary N) is 1. The molecule has 1 fully saturated rings. The zero-order valence-electron chi connectivity index (χ0n) is 13.0. The van der Waals surface area contributed by atoms with Gasteiger partial charge >= 0.3 is 0 Å². The van der Waals surface area contributed by atoms with E-state index in [1.807, 2.05) is 13.0 Å². The Bertz CT molecular complexity index is 761. The topological polar surface area (TPSA) is 81.2 Å². The third-order valence-corrected chi connectivity index (χ3v) is 4.36. The van der Waals surface area contributed by atoms with Crippen molar-refractivity contribution < 1.29 is 4.79 Å². The first-order chi connectivity index (χ1) is 10.6. The van der Waals surface area contributed by atoms with E-state index in [-0.39, 0.29) is 42.4 Å². The molecule has 1 aromatic heterocycles. The molecule has 0 aliphatic carbocycles. The first-order valence-corrected chi connectivity index (χ1v) is 7.54. The predicted molar refractivity (Wildman–Crippen MR) is 91.6 cm³/mol. The second-order valence-corrected chi connectivity index (χ2v) is 5.96. The van der Waals surface area contributed by atoms with E-state index in [2.05, 4.69) is 4.98 Å². The maximum absolute atomic E-state index is 12.4. The molecule has 1 aliphatic rings. The highest BCUT2D eigenvalue weighted by molar-refractivity contribution is 5.85. The molecule has 1 amide bonds. The van der Waals surface area contributed by atoms with Gasteiger partial charge in [-0.2, -0.15) is 0 Å². The number of carbonyl (C=O) groups excluding carboxylic acids is 1. The summed E-state index contributed by atoms with van der Waals surface area (Å²) in [5.74, 6) is 0.224. The molecule has 2 N–H and O–H groups in total. The lowest BCUT2D eigenvalue weighted by molar-refractivity contribution is -0.133. The summed E-state index contributed by atoms with van der Waals surface area (Å²) >= 11 is 0. The zero-order valence-corrected chi connectivity index (χ0v) is 13.8. The van der Waals surface area contributed by atoms with Crippen molar-refractivity contribution in [2.45, 2.75) is 25.9 Å². The number of piperidine rings is 1. The van der Waals surface area contributed by atoms with Crippen LogP contribution < -0.4 is 11.3 Å². The van der Waals surface area contributed by atoms with Crippen molar-refractivity contribution in [1.82, 2.24) is 14.5 Å². The van der Waals surface area contributed by atoms with Gasteiger partial charge in [0.15, 0.2) is 0 Å². The van der Waals surface area contributed by atoms with Crippen LogP contribution in [0.5, 0.6) is 0 Å². The number of amides is 1. The van der Waals surface area contributed by atoms with Crippen molar-refractivity contribution in [3.8, 4) is 0 Å². The van der Waals surface area contributed by atoms with E-state index in [0.29, 0.717) is 24.0 Å². The molecule has 1 aliphatic heterocycles. The SMILES string of the molecule is CC1CN(C(=O)Cn2cnc3ccccc3c2=O)CCC1N.Cl. The van der Waals surface area contributed by atoms with Crippen LogP contribution in [-0.4, -0.2) is 39.5 Å². The Morgan fingerprint density at radius 3 is 2.87 bits per heavy atom. The van der Waals surface area contributed by atoms with Crippen LogP contribution >= 0.6 is 12.4 Å². The normalized spacial score (nSPS) is 21.0. The van der Waals surface area contributed by atoms with E-state index in [1.54, 1.807) is 23.1 Å². The summed E-state index contributed by atoms with van der Waals surface area (Å²) in [5.41, 5.74) is 6.44. The van der Waals surface area contributed by atoms with Crippen molar-refractivity contribution in [3.63, 3.8) is 0 Å². The lowest BCUT2D eigenvalue weighted by Gasteiger charge is -2.35. The van der Waals surface area contributed by atoms with Crippen molar-refractivity contribution in [2.75, 3.05) is 13.1 Å². The molecule has 2 unspecified atom stereocenters. The molecule has 23 heavy (non-hydrogen) atoms. The second-order valence-electron chi connectivity index (χ2n) is 5.96. The van der Waals surface area contributed by atoms with Gasteiger partial charge in [-0.1, -0.05) is 19.1 Å². The van der Waals surface area contributed by atoms with E-state index in [0.717, 1.165) is 6.42 Å². The Morgan fingerprint density at radius 2 is 2.13 bits per heavy atom. The van der Waals surface area contributed by atoms with E-state index < -0.39 is 0 Å². The zero-order chi connectivity index (χ0) is 15.7. The number of benzene rings is 1. The number of rotatable bonds is 2. The van der Waals surface area contributed by atoms with Gasteiger partial charge in [0.25, 0.3) is 5.56 Å². The summed E-state index contributed by atoms with van der Waals surface area (Å²) in [4.78, 5) is 30.8. The van der Waals surface area contributed by atoms with Crippen molar-refractivity contribution in [2.24, 2.45) is 11.7 Å². The number of fused-ring (bicyclic) bond motifs is 1. The standard InChI is InChI=1S/C16H20N4O2.ClH/c1-11-8-19(7-6-13(11)17)15(21)9-20-10-18-14-5-3-2-4-12(14)16(20)22;/h2-5,10-11,13H,6-9,17H2,1H3;1H. The molecular weight excluding hydrogens is 316 g/mol. The number of hydrogen-bond donors (Lipinski definition) is 1. The molecule has 2 heterocycles. The van der Waals surface area contributed by atoms with Crippen LogP contribution in [0.3, 0.4) is 0 Å². The Morgan fingerprint density at radius 1 is 1.39 bits per heavy atom. The number of halogens is 1. The highest BCUT2D eigenvalue weighted by Crippen LogP contribution is 2.15. The van der Waals surface area contributed by atoms with Gasteiger partial charge < -0.3 is 10.6 Å². The summed E-state index contributed by atoms with van der Waals surface area (Å²) in [7, 11) is 0. The molecule has 3 rings (SSSR count). The third-order valence-electron chi connectivity index (χ3n) is 4.36. The fraction of sp³-hybridized carbons (Fsp3) is 0.438. The van der Waals surface area contributed by atoms with Crippen molar-refractivity contribution >= 4 is 29.2 Å². The van der Waals surface area contributed by atoms with Gasteiger partial charge in [0, 0.05) is 19.1 Å². The fourth-order valence-corrected chi connectivity index (χ4v) is 2.85. The third kappa shape index (κ3) is 3.54. The second kappa shape index (κ2) is 7.10. The van der Waals surface area contributed by atoms with Crippen LogP contribution in [0.1, 0.15) is 13.3 Å². The maximum Gasteiger partial charge on any atom is 0.261 e. The number of nitrogens with zero attached hydrogens (tertiary/aromatic N) is 3. The maximum atomic E-state index is 12.4. The van der Waals surface area contributed by atoms with Crippen LogP contribution in [-0.2, 0) is 11.3 Å². The number of hydrogen-bond acceptors (Lipinski definition) is 4. The van der Waals surface area contributed by atoms with Gasteiger partial charge in [-0.05, 0) is 24.5 Å². The Labute approximate surface area is 140 Å². The minimum Gasteiger partial charge on any atom is -0.341 e. The van der Waals surface area contributed by atoms with Gasteiger partial charge in [0.05, 0.1) is 17.2 Å². The monoisotopic (exact) mass is 336 g/mol. The molecule has 1 aromatic carbocycles. The number of likely N-dealkylation sites (tertiary alicyclic amines) is 1. The average Bonchev–Trinajstić information content (AvgIpc) is 2.53. The highest BCUT2D eigenvalue weighted by atomic mass is 35.5. The first-order valence-electron chi connectivity index (χ1n) is 7.54. The Kier molecular flexibility index (Phi) is 5.38. The minimum atomic E-state index is -0.180. The van der Waals surface area contributed by atoms with E-state index in [4.69, 9.17) is 5.73 Å². The molecule has 0 saturated carbocycles. The summed E-state index contributed by atoms with van der Waals surface area (Å²) in [5, 5.41) is 0.534. The number of carbonyl (C=O) groups is 1. The summed E-state index contributed by atoms with van der Waals surface area (Å²) in [6.45, 7) is 3.38. The summed E-state index contributed by atoms with van der Waals surface area (Å²) in [6.07, 6.45) is 2.25. The predicted octanol–water partition coefficient (Wildman–Crippen LogP) is 1.01. The molecule has 0 bridgehead atoms. The molecule has 2 aromatic rings. The van der Waals surface area contributed by atoms with Crippen molar-refractivity contribution in [3.05, 3.63) is 40.9 Å². The Hall–Kier alpha value is -1.92. The van der Waals surface area contributed by atoms with Crippen LogP contribution in [0, 0.1) is 5.92 Å². The Balaban J connectivity index is 0.00000192. The molecule has 6 nitrogen and oxygen atoms in total. The largest absolute Gasteiger partial charge is 0.341 e. The molecule has 124 valence electrons. The van der Waals surface area contributed by atoms with Gasteiger partial charge in [0.1, 0.15) is 6.54 Å².